The van der Waals surface area contributed by atoms with E-state index in [0.717, 1.165) is 0 Å². The average molecular weight is 286 g/mol. The number of hydrogen-bond acceptors (Lipinski definition) is 4. The van der Waals surface area contributed by atoms with Crippen LogP contribution in [0.5, 0.6) is 11.5 Å². The van der Waals surface area contributed by atoms with Crippen LogP contribution in [0.25, 0.3) is 0 Å². The fraction of sp³-hybridized carbons (Fsp3) is 0.176. The van der Waals surface area contributed by atoms with E-state index in [2.05, 4.69) is 0 Å². The van der Waals surface area contributed by atoms with E-state index in [1.165, 1.54) is 13.8 Å². The highest BCUT2D eigenvalue weighted by molar-refractivity contribution is 5.90. The first-order chi connectivity index (χ1) is 10.0. The summed E-state index contributed by atoms with van der Waals surface area (Å²) in [6.45, 7) is 3.06. The van der Waals surface area contributed by atoms with E-state index in [0.29, 0.717) is 17.1 Å². The lowest BCUT2D eigenvalue weighted by Crippen LogP contribution is -2.08. The van der Waals surface area contributed by atoms with Crippen LogP contribution in [-0.4, -0.2) is 18.9 Å². The van der Waals surface area contributed by atoms with Gasteiger partial charge in [0.2, 0.25) is 0 Å². The molecule has 4 nitrogen and oxygen atoms in total. The Morgan fingerprint density at radius 1 is 0.857 bits per heavy atom. The summed E-state index contributed by atoms with van der Waals surface area (Å²) in [5, 5.41) is 0. The van der Waals surface area contributed by atoms with E-state index in [-0.39, 0.29) is 11.8 Å². The minimum Gasteiger partial charge on any atom is -0.497 e. The van der Waals surface area contributed by atoms with Gasteiger partial charge in [-0.3, -0.25) is 0 Å². The summed E-state index contributed by atoms with van der Waals surface area (Å²) >= 11 is 0. The highest BCUT2D eigenvalue weighted by Gasteiger charge is 2.07. The molecule has 0 aliphatic rings. The van der Waals surface area contributed by atoms with Crippen LogP contribution in [0.2, 0.25) is 0 Å². The van der Waals surface area contributed by atoms with Crippen molar-refractivity contribution in [3.05, 3.63) is 60.2 Å². The summed E-state index contributed by atoms with van der Waals surface area (Å²) < 4.78 is 10.3. The molecule has 0 unspecified atom stereocenters. The van der Waals surface area contributed by atoms with Gasteiger partial charge < -0.3 is 14.3 Å². The summed E-state index contributed by atoms with van der Waals surface area (Å²) in [7, 11) is 1.57. The molecule has 0 atom stereocenters. The monoisotopic (exact) mass is 286 g/mol. The van der Waals surface area contributed by atoms with Crippen molar-refractivity contribution in [2.45, 2.75) is 13.8 Å². The molecule has 2 rings (SSSR count). The van der Waals surface area contributed by atoms with E-state index in [1.807, 2.05) is 6.07 Å². The Labute approximate surface area is 124 Å². The number of methoxy groups -OCH3 is 1. The van der Waals surface area contributed by atoms with E-state index in [1.54, 1.807) is 55.6 Å². The Balaban J connectivity index is 0.000000491. The third kappa shape index (κ3) is 6.38. The molecule has 0 saturated heterocycles. The second-order valence-electron chi connectivity index (χ2n) is 4.34. The molecular formula is C17H18O4. The van der Waals surface area contributed by atoms with Crippen LogP contribution in [0.15, 0.2) is 54.6 Å². The first-order valence-corrected chi connectivity index (χ1v) is 6.41. The Kier molecular flexibility index (Phi) is 6.68. The molecule has 0 aromatic heterocycles. The average Bonchev–Trinajstić information content (AvgIpc) is 2.48. The topological polar surface area (TPSA) is 52.6 Å². The van der Waals surface area contributed by atoms with Crippen molar-refractivity contribution in [2.75, 3.05) is 7.11 Å². The summed E-state index contributed by atoms with van der Waals surface area (Å²) in [6, 6.07) is 15.8. The number of carbonyl (C=O) groups is 2. The molecule has 2 aromatic rings. The quantitative estimate of drug-likeness (QED) is 0.640. The fourth-order valence-corrected chi connectivity index (χ4v) is 1.40. The van der Waals surface area contributed by atoms with E-state index in [9.17, 15) is 9.59 Å². The molecule has 21 heavy (non-hydrogen) atoms. The van der Waals surface area contributed by atoms with Crippen molar-refractivity contribution in [3.63, 3.8) is 0 Å². The zero-order valence-electron chi connectivity index (χ0n) is 12.3. The number of rotatable bonds is 3. The molecule has 0 bridgehead atoms. The largest absolute Gasteiger partial charge is 0.497 e. The number of hydrogen-bond donors (Lipinski definition) is 0. The van der Waals surface area contributed by atoms with Gasteiger partial charge in [0.05, 0.1) is 12.7 Å². The van der Waals surface area contributed by atoms with Gasteiger partial charge in [0.25, 0.3) is 0 Å². The smallest absolute Gasteiger partial charge is 0.343 e. The van der Waals surface area contributed by atoms with Crippen molar-refractivity contribution in [1.82, 2.24) is 0 Å². The molecule has 0 N–H and O–H groups in total. The molecule has 0 spiro atoms. The summed E-state index contributed by atoms with van der Waals surface area (Å²) in [5.41, 5.74) is 0.523. The van der Waals surface area contributed by atoms with Gasteiger partial charge in [-0.25, -0.2) is 4.79 Å². The van der Waals surface area contributed by atoms with E-state index in [4.69, 9.17) is 9.47 Å². The van der Waals surface area contributed by atoms with E-state index >= 15 is 0 Å². The van der Waals surface area contributed by atoms with Gasteiger partial charge in [-0.1, -0.05) is 24.3 Å². The predicted octanol–water partition coefficient (Wildman–Crippen LogP) is 3.51. The van der Waals surface area contributed by atoms with Gasteiger partial charge in [-0.2, -0.15) is 0 Å². The number of ketones is 1. The van der Waals surface area contributed by atoms with Crippen LogP contribution in [0.4, 0.5) is 0 Å². The van der Waals surface area contributed by atoms with Crippen molar-refractivity contribution >= 4 is 11.8 Å². The maximum atomic E-state index is 11.8. The third-order valence-electron chi connectivity index (χ3n) is 2.26. The molecule has 0 aliphatic heterocycles. The number of carbonyl (C=O) groups excluding carboxylic acids is 2. The van der Waals surface area contributed by atoms with Gasteiger partial charge >= 0.3 is 5.97 Å². The second-order valence-corrected chi connectivity index (χ2v) is 4.34. The first kappa shape index (κ1) is 16.4. The second kappa shape index (κ2) is 8.53. The molecular weight excluding hydrogens is 268 g/mol. The Bertz CT molecular complexity index is 587. The number of esters is 1. The molecule has 0 aliphatic carbocycles. The first-order valence-electron chi connectivity index (χ1n) is 6.41. The summed E-state index contributed by atoms with van der Waals surface area (Å²) in [4.78, 5) is 21.2. The zero-order chi connectivity index (χ0) is 15.7. The number of benzene rings is 2. The molecule has 110 valence electrons. The van der Waals surface area contributed by atoms with Crippen LogP contribution in [0.3, 0.4) is 0 Å². The van der Waals surface area contributed by atoms with Crippen LogP contribution in [0, 0.1) is 0 Å². The Hall–Kier alpha value is -2.62. The molecule has 2 aromatic carbocycles. The molecule has 0 heterocycles. The highest BCUT2D eigenvalue weighted by Crippen LogP contribution is 2.19. The highest BCUT2D eigenvalue weighted by atomic mass is 16.5. The lowest BCUT2D eigenvalue weighted by Gasteiger charge is -2.05. The molecule has 0 amide bonds. The van der Waals surface area contributed by atoms with E-state index < -0.39 is 0 Å². The van der Waals surface area contributed by atoms with Gasteiger partial charge in [-0.15, -0.1) is 0 Å². The minimum atomic E-state index is -0.376. The molecule has 0 saturated carbocycles. The van der Waals surface area contributed by atoms with Crippen LogP contribution in [0.1, 0.15) is 24.2 Å². The summed E-state index contributed by atoms with van der Waals surface area (Å²) in [5.74, 6) is 0.917. The van der Waals surface area contributed by atoms with Gasteiger partial charge in [0.15, 0.2) is 0 Å². The van der Waals surface area contributed by atoms with Crippen LogP contribution >= 0.6 is 0 Å². The normalized spacial score (nSPS) is 9.10. The third-order valence-corrected chi connectivity index (χ3v) is 2.26. The van der Waals surface area contributed by atoms with Crippen molar-refractivity contribution < 1.29 is 19.1 Å². The Morgan fingerprint density at radius 2 is 1.43 bits per heavy atom. The lowest BCUT2D eigenvalue weighted by atomic mass is 10.2. The number of Topliss-reactive ketones (excluding diaryl/α,β-unsaturated/α-hetero) is 1. The van der Waals surface area contributed by atoms with Crippen molar-refractivity contribution in [3.8, 4) is 11.5 Å². The number of ether oxygens (including phenoxy) is 2. The molecule has 4 heteroatoms. The van der Waals surface area contributed by atoms with Gasteiger partial charge in [0, 0.05) is 6.07 Å². The lowest BCUT2D eigenvalue weighted by molar-refractivity contribution is -0.115. The van der Waals surface area contributed by atoms with Crippen LogP contribution < -0.4 is 9.47 Å². The standard InChI is InChI=1S/C14H12O3.C3H6O/c1-16-12-8-5-9-13(10-12)17-14(15)11-6-3-2-4-7-11;1-3(2)4/h2-10H,1H3;1-2H3. The summed E-state index contributed by atoms with van der Waals surface area (Å²) in [6.07, 6.45) is 0. The van der Waals surface area contributed by atoms with Gasteiger partial charge in [-0.05, 0) is 38.1 Å². The SMILES string of the molecule is CC(C)=O.COc1cccc(OC(=O)c2ccccc2)c1. The van der Waals surface area contributed by atoms with Crippen molar-refractivity contribution in [1.29, 1.82) is 0 Å². The zero-order valence-corrected chi connectivity index (χ0v) is 12.3. The minimum absolute atomic E-state index is 0.167. The maximum absolute atomic E-state index is 11.8. The molecule has 0 fully saturated rings. The van der Waals surface area contributed by atoms with Gasteiger partial charge in [0.1, 0.15) is 17.3 Å². The predicted molar refractivity (Wildman–Crippen MR) is 80.7 cm³/mol. The molecule has 0 radical (unpaired) electrons. The fourth-order valence-electron chi connectivity index (χ4n) is 1.40. The maximum Gasteiger partial charge on any atom is 0.343 e. The Morgan fingerprint density at radius 3 is 2.00 bits per heavy atom. The van der Waals surface area contributed by atoms with Crippen molar-refractivity contribution in [2.24, 2.45) is 0 Å². The van der Waals surface area contributed by atoms with Crippen LogP contribution in [-0.2, 0) is 4.79 Å².